The number of hydrogen-bond donors (Lipinski definition) is 0. The van der Waals surface area contributed by atoms with Crippen molar-refractivity contribution in [2.24, 2.45) is 0 Å². The van der Waals surface area contributed by atoms with Gasteiger partial charge in [0.15, 0.2) is 0 Å². The van der Waals surface area contributed by atoms with Crippen LogP contribution in [-0.2, 0) is 31.9 Å². The molecule has 0 unspecified atom stereocenters. The number of esters is 2. The lowest BCUT2D eigenvalue weighted by atomic mass is 10.1. The first-order chi connectivity index (χ1) is 23.1. The second-order valence-electron chi connectivity index (χ2n) is 11.6. The molecule has 0 atom stereocenters. The predicted octanol–water partition coefficient (Wildman–Crippen LogP) is 9.79. The highest BCUT2D eigenvalue weighted by atomic mass is 16.5. The molecule has 4 aromatic rings. The third-order valence-corrected chi connectivity index (χ3v) is 7.58. The summed E-state index contributed by atoms with van der Waals surface area (Å²) in [5, 5.41) is 0. The summed E-state index contributed by atoms with van der Waals surface area (Å²) in [6.07, 6.45) is 5.44. The molecular weight excluding hydrogens is 596 g/mol. The van der Waals surface area contributed by atoms with Gasteiger partial charge in [0.2, 0.25) is 0 Å². The van der Waals surface area contributed by atoms with E-state index in [9.17, 15) is 9.59 Å². The first-order valence-corrected chi connectivity index (χ1v) is 16.0. The van der Waals surface area contributed by atoms with Gasteiger partial charge in [0, 0.05) is 58.1 Å². The Morgan fingerprint density at radius 3 is 1.25 bits per heavy atom. The summed E-state index contributed by atoms with van der Waals surface area (Å²) in [4.78, 5) is 28.2. The van der Waals surface area contributed by atoms with E-state index in [0.29, 0.717) is 24.0 Å². The fourth-order valence-corrected chi connectivity index (χ4v) is 5.13. The fourth-order valence-electron chi connectivity index (χ4n) is 5.13. The highest BCUT2D eigenvalue weighted by molar-refractivity contribution is 5.87. The van der Waals surface area contributed by atoms with Gasteiger partial charge in [0.05, 0.1) is 13.2 Å². The van der Waals surface area contributed by atoms with Crippen LogP contribution in [-0.4, -0.2) is 25.2 Å². The van der Waals surface area contributed by atoms with Crippen molar-refractivity contribution in [1.29, 1.82) is 0 Å². The van der Waals surface area contributed by atoms with Gasteiger partial charge in [-0.15, -0.1) is 0 Å². The van der Waals surface area contributed by atoms with Gasteiger partial charge in [-0.3, -0.25) is 0 Å². The normalized spacial score (nSPS) is 11.4. The van der Waals surface area contributed by atoms with Crippen LogP contribution in [0.4, 0.5) is 22.7 Å². The van der Waals surface area contributed by atoms with Gasteiger partial charge in [0.1, 0.15) is 0 Å². The van der Waals surface area contributed by atoms with E-state index in [0.717, 1.165) is 45.3 Å². The quantitative estimate of drug-likeness (QED) is 0.0733. The first kappa shape index (κ1) is 35.2. The first-order valence-electron chi connectivity index (χ1n) is 16.0. The number of rotatable bonds is 15. The van der Waals surface area contributed by atoms with Gasteiger partial charge >= 0.3 is 11.9 Å². The Labute approximate surface area is 284 Å². The van der Waals surface area contributed by atoms with Crippen LogP contribution in [0.25, 0.3) is 0 Å². The Morgan fingerprint density at radius 1 is 0.542 bits per heavy atom. The number of anilines is 4. The Morgan fingerprint density at radius 2 is 0.896 bits per heavy atom. The second kappa shape index (κ2) is 17.3. The monoisotopic (exact) mass is 640 g/mol. The molecule has 0 aromatic heterocycles. The van der Waals surface area contributed by atoms with E-state index >= 15 is 0 Å². The molecule has 6 nitrogen and oxygen atoms in total. The number of allylic oxidation sites excluding steroid dienone is 4. The van der Waals surface area contributed by atoms with Gasteiger partial charge in [-0.1, -0.05) is 73.8 Å². The molecule has 0 spiro atoms. The van der Waals surface area contributed by atoms with Crippen LogP contribution >= 0.6 is 0 Å². The molecule has 4 aromatic carbocycles. The molecule has 0 fully saturated rings. The summed E-state index contributed by atoms with van der Waals surface area (Å²) in [6.45, 7) is 15.4. The van der Waals surface area contributed by atoms with Gasteiger partial charge < -0.3 is 19.3 Å². The van der Waals surface area contributed by atoms with Gasteiger partial charge in [0.25, 0.3) is 0 Å². The van der Waals surface area contributed by atoms with E-state index in [1.54, 1.807) is 13.8 Å². The lowest BCUT2D eigenvalue weighted by molar-refractivity contribution is -0.139. The molecule has 0 N–H and O–H groups in total. The maximum atomic E-state index is 11.9. The fraction of sp³-hybridized carbons (Fsp3) is 0.190. The molecule has 4 rings (SSSR count). The highest BCUT2D eigenvalue weighted by Crippen LogP contribution is 2.33. The Balaban J connectivity index is 1.64. The molecular formula is C42H44N2O4. The predicted molar refractivity (Wildman–Crippen MR) is 197 cm³/mol. The minimum Gasteiger partial charge on any atom is -0.462 e. The molecule has 48 heavy (non-hydrogen) atoms. The Hall–Kier alpha value is -5.62. The van der Waals surface area contributed by atoms with Gasteiger partial charge in [-0.2, -0.15) is 0 Å². The third-order valence-electron chi connectivity index (χ3n) is 7.58. The van der Waals surface area contributed by atoms with Crippen LogP contribution in [0.2, 0.25) is 0 Å². The summed E-state index contributed by atoms with van der Waals surface area (Å²) >= 11 is 0. The Bertz CT molecular complexity index is 1660. The molecule has 0 bridgehead atoms. The molecule has 0 heterocycles. The van der Waals surface area contributed by atoms with Gasteiger partial charge in [-0.05, 0) is 99.5 Å². The third kappa shape index (κ3) is 9.94. The second-order valence-corrected chi connectivity index (χ2v) is 11.6. The number of carbonyl (C=O) groups excluding carboxylic acids is 2. The number of nitrogens with zero attached hydrogens (tertiary/aromatic N) is 2. The zero-order valence-electron chi connectivity index (χ0n) is 28.3. The van der Waals surface area contributed by atoms with Crippen LogP contribution in [0, 0.1) is 0 Å². The summed E-state index contributed by atoms with van der Waals surface area (Å²) in [5.74, 6) is -0.753. The van der Waals surface area contributed by atoms with Crippen molar-refractivity contribution < 1.29 is 19.1 Å². The van der Waals surface area contributed by atoms with Crippen LogP contribution in [0.1, 0.15) is 38.8 Å². The zero-order valence-corrected chi connectivity index (χ0v) is 28.3. The van der Waals surface area contributed by atoms with Crippen molar-refractivity contribution >= 4 is 34.7 Å². The molecule has 0 aliphatic carbocycles. The van der Waals surface area contributed by atoms with Crippen molar-refractivity contribution in [3.63, 3.8) is 0 Å². The van der Waals surface area contributed by atoms with Crippen molar-refractivity contribution in [2.45, 2.75) is 40.5 Å². The highest BCUT2D eigenvalue weighted by Gasteiger charge is 2.15. The minimum atomic E-state index is -0.377. The smallest absolute Gasteiger partial charge is 0.333 e. The van der Waals surface area contributed by atoms with Crippen molar-refractivity contribution in [3.05, 3.63) is 168 Å². The maximum Gasteiger partial charge on any atom is 0.333 e. The molecule has 0 saturated carbocycles. The molecule has 246 valence electrons. The number of carbonyl (C=O) groups is 2. The van der Waals surface area contributed by atoms with E-state index in [1.165, 1.54) is 0 Å². The summed E-state index contributed by atoms with van der Waals surface area (Å²) < 4.78 is 10.7. The van der Waals surface area contributed by atoms with E-state index in [1.807, 2.05) is 60.7 Å². The maximum absolute atomic E-state index is 11.9. The minimum absolute atomic E-state index is 0.285. The van der Waals surface area contributed by atoms with Crippen LogP contribution in [0.15, 0.2) is 157 Å². The van der Waals surface area contributed by atoms with Crippen molar-refractivity contribution in [3.8, 4) is 0 Å². The van der Waals surface area contributed by atoms with Crippen LogP contribution in [0.5, 0.6) is 0 Å². The SMILES string of the molecule is C=C(C)C(=O)OCCc1cccc(N(/C(C)=C/C=C(\C)N(c2ccccc2)c2cccc(CCOC(=O)C(=C)C)c2)c2ccccc2)c1. The van der Waals surface area contributed by atoms with Crippen LogP contribution < -0.4 is 9.80 Å². The number of benzene rings is 4. The molecule has 6 heteroatoms. The van der Waals surface area contributed by atoms with E-state index < -0.39 is 0 Å². The number of hydrogen-bond acceptors (Lipinski definition) is 6. The molecule has 0 aliphatic heterocycles. The average Bonchev–Trinajstić information content (AvgIpc) is 3.09. The number of ether oxygens (including phenoxy) is 2. The standard InChI is InChI=1S/C42H44N2O4/c1-31(2)41(45)47-27-25-35-15-13-21-39(29-35)43(37-17-9-7-10-18-37)33(5)23-24-34(6)44(38-19-11-8-12-20-38)40-22-14-16-36(30-40)26-28-48-42(46)32(3)4/h7-24,29-30H,1,3,25-28H2,2,4-6H3/b33-23+,34-24+. The average molecular weight is 641 g/mol. The molecule has 0 radical (unpaired) electrons. The van der Waals surface area contributed by atoms with E-state index in [-0.39, 0.29) is 25.2 Å². The van der Waals surface area contributed by atoms with Crippen LogP contribution in [0.3, 0.4) is 0 Å². The zero-order chi connectivity index (χ0) is 34.5. The van der Waals surface area contributed by atoms with Crippen molar-refractivity contribution in [2.75, 3.05) is 23.0 Å². The largest absolute Gasteiger partial charge is 0.462 e. The van der Waals surface area contributed by atoms with E-state index in [2.05, 4.69) is 97.5 Å². The summed E-state index contributed by atoms with van der Waals surface area (Å²) in [5.41, 5.74) is 9.02. The Kier molecular flexibility index (Phi) is 12.7. The lowest BCUT2D eigenvalue weighted by Crippen LogP contribution is -2.16. The summed E-state index contributed by atoms with van der Waals surface area (Å²) in [6, 6.07) is 37.0. The van der Waals surface area contributed by atoms with Crippen molar-refractivity contribution in [1.82, 2.24) is 0 Å². The lowest BCUT2D eigenvalue weighted by Gasteiger charge is -2.28. The molecule has 0 amide bonds. The van der Waals surface area contributed by atoms with Gasteiger partial charge in [-0.25, -0.2) is 9.59 Å². The summed E-state index contributed by atoms with van der Waals surface area (Å²) in [7, 11) is 0. The topological polar surface area (TPSA) is 59.1 Å². The van der Waals surface area contributed by atoms with E-state index in [4.69, 9.17) is 9.47 Å². The molecule has 0 saturated heterocycles. The number of para-hydroxylation sites is 2. The molecule has 0 aliphatic rings.